The number of hydrogen-bond acceptors (Lipinski definition) is 6. The molecule has 7 nitrogen and oxygen atoms in total. The zero-order valence-corrected chi connectivity index (χ0v) is 19.0. The molecule has 1 atom stereocenters. The van der Waals surface area contributed by atoms with Gasteiger partial charge in [0.05, 0.1) is 23.7 Å². The van der Waals surface area contributed by atoms with E-state index in [9.17, 15) is 9.59 Å². The van der Waals surface area contributed by atoms with Gasteiger partial charge in [0.15, 0.2) is 0 Å². The van der Waals surface area contributed by atoms with E-state index in [1.54, 1.807) is 23.7 Å². The fourth-order valence-electron chi connectivity index (χ4n) is 4.71. The van der Waals surface area contributed by atoms with Gasteiger partial charge in [-0.05, 0) is 49.4 Å². The summed E-state index contributed by atoms with van der Waals surface area (Å²) in [5.41, 5.74) is 3.92. The van der Waals surface area contributed by atoms with Gasteiger partial charge < -0.3 is 4.42 Å². The number of rotatable bonds is 4. The van der Waals surface area contributed by atoms with Crippen molar-refractivity contribution in [3.05, 3.63) is 86.7 Å². The standard InChI is InChI=1S/C25H22N4O3S/c1-15-7-9-16(10-8-15)18-12-19(20-5-3-11-32-20)29(27-18)22(30)13-28-14-26-24-23(25(28)31)17-4-2-6-21(17)33-24/h3,5,7-11,14,19H,2,4,6,12-13H2,1H3. The third-order valence-electron chi connectivity index (χ3n) is 6.42. The summed E-state index contributed by atoms with van der Waals surface area (Å²) in [4.78, 5) is 33.1. The predicted octanol–water partition coefficient (Wildman–Crippen LogP) is 4.23. The third-order valence-corrected chi connectivity index (χ3v) is 7.62. The summed E-state index contributed by atoms with van der Waals surface area (Å²) >= 11 is 1.60. The van der Waals surface area contributed by atoms with Crippen LogP contribution in [0, 0.1) is 6.92 Å². The number of furan rings is 1. The Labute approximate surface area is 194 Å². The molecule has 2 aliphatic rings. The SMILES string of the molecule is Cc1ccc(C2=NN(C(=O)Cn3cnc4sc5c(c4c3=O)CCC5)C(c3ccco3)C2)cc1. The van der Waals surface area contributed by atoms with Crippen molar-refractivity contribution >= 4 is 33.2 Å². The minimum absolute atomic E-state index is 0.117. The zero-order chi connectivity index (χ0) is 22.5. The van der Waals surface area contributed by atoms with Crippen LogP contribution in [0.2, 0.25) is 0 Å². The molecule has 4 heterocycles. The quantitative estimate of drug-likeness (QED) is 0.458. The van der Waals surface area contributed by atoms with Crippen LogP contribution in [-0.2, 0) is 24.2 Å². The second kappa shape index (κ2) is 7.81. The van der Waals surface area contributed by atoms with Gasteiger partial charge in [-0.2, -0.15) is 5.10 Å². The minimum atomic E-state index is -0.346. The van der Waals surface area contributed by atoms with Crippen LogP contribution in [0.4, 0.5) is 0 Å². The monoisotopic (exact) mass is 458 g/mol. The van der Waals surface area contributed by atoms with Gasteiger partial charge in [0.2, 0.25) is 0 Å². The molecule has 0 bridgehead atoms. The normalized spacial score (nSPS) is 17.5. The zero-order valence-electron chi connectivity index (χ0n) is 18.2. The van der Waals surface area contributed by atoms with Crippen LogP contribution < -0.4 is 5.56 Å². The summed E-state index contributed by atoms with van der Waals surface area (Å²) in [6, 6.07) is 11.4. The highest BCUT2D eigenvalue weighted by atomic mass is 32.1. The molecule has 4 aromatic rings. The first-order valence-electron chi connectivity index (χ1n) is 11.1. The fraction of sp³-hybridized carbons (Fsp3) is 0.280. The molecule has 33 heavy (non-hydrogen) atoms. The Bertz CT molecular complexity index is 1450. The lowest BCUT2D eigenvalue weighted by Crippen LogP contribution is -2.34. The van der Waals surface area contributed by atoms with Crippen molar-refractivity contribution in [1.29, 1.82) is 0 Å². The van der Waals surface area contributed by atoms with Crippen molar-refractivity contribution < 1.29 is 9.21 Å². The summed E-state index contributed by atoms with van der Waals surface area (Å²) in [6.45, 7) is 1.92. The minimum Gasteiger partial charge on any atom is -0.467 e. The number of hydrazone groups is 1. The lowest BCUT2D eigenvalue weighted by Gasteiger charge is -2.20. The molecule has 1 aromatic carbocycles. The first kappa shape index (κ1) is 20.1. The second-order valence-corrected chi connectivity index (χ2v) is 9.69. The summed E-state index contributed by atoms with van der Waals surface area (Å²) in [5.74, 6) is 0.402. The van der Waals surface area contributed by atoms with Crippen LogP contribution in [-0.4, -0.2) is 26.2 Å². The maximum Gasteiger partial charge on any atom is 0.263 e. The number of amides is 1. The topological polar surface area (TPSA) is 80.7 Å². The maximum absolute atomic E-state index is 13.4. The molecule has 8 heteroatoms. The van der Waals surface area contributed by atoms with E-state index in [2.05, 4.69) is 10.1 Å². The number of aromatic nitrogens is 2. The van der Waals surface area contributed by atoms with E-state index in [4.69, 9.17) is 4.42 Å². The molecule has 0 N–H and O–H groups in total. The molecule has 1 aliphatic heterocycles. The van der Waals surface area contributed by atoms with E-state index >= 15 is 0 Å². The van der Waals surface area contributed by atoms with Gasteiger partial charge in [0.25, 0.3) is 11.5 Å². The molecule has 0 saturated heterocycles. The Balaban J connectivity index is 1.34. The average Bonchev–Trinajstić information content (AvgIpc) is 3.59. The van der Waals surface area contributed by atoms with E-state index in [-0.39, 0.29) is 24.1 Å². The Hall–Kier alpha value is -3.52. The van der Waals surface area contributed by atoms with E-state index in [1.165, 1.54) is 20.8 Å². The Morgan fingerprint density at radius 1 is 1.21 bits per heavy atom. The van der Waals surface area contributed by atoms with Gasteiger partial charge in [0, 0.05) is 11.3 Å². The Morgan fingerprint density at radius 2 is 2.06 bits per heavy atom. The molecule has 0 fully saturated rings. The van der Waals surface area contributed by atoms with Crippen LogP contribution in [0.5, 0.6) is 0 Å². The van der Waals surface area contributed by atoms with Crippen LogP contribution in [0.25, 0.3) is 10.2 Å². The van der Waals surface area contributed by atoms with Gasteiger partial charge in [0.1, 0.15) is 23.2 Å². The van der Waals surface area contributed by atoms with Crippen LogP contribution in [0.3, 0.4) is 0 Å². The second-order valence-electron chi connectivity index (χ2n) is 8.60. The van der Waals surface area contributed by atoms with Crippen LogP contribution in [0.1, 0.15) is 46.2 Å². The summed E-state index contributed by atoms with van der Waals surface area (Å²) in [5, 5.41) is 6.81. The number of nitrogens with zero attached hydrogens (tertiary/aromatic N) is 4. The van der Waals surface area contributed by atoms with E-state index in [1.807, 2.05) is 37.3 Å². The highest BCUT2D eigenvalue weighted by Crippen LogP contribution is 2.35. The highest BCUT2D eigenvalue weighted by molar-refractivity contribution is 7.18. The largest absolute Gasteiger partial charge is 0.467 e. The average molecular weight is 459 g/mol. The third kappa shape index (κ3) is 3.41. The molecule has 3 aromatic heterocycles. The summed E-state index contributed by atoms with van der Waals surface area (Å²) < 4.78 is 7.04. The number of aryl methyl sites for hydroxylation is 3. The molecule has 166 valence electrons. The van der Waals surface area contributed by atoms with Gasteiger partial charge >= 0.3 is 0 Å². The van der Waals surface area contributed by atoms with Gasteiger partial charge in [-0.1, -0.05) is 29.8 Å². The first-order chi connectivity index (χ1) is 16.1. The van der Waals surface area contributed by atoms with Gasteiger partial charge in [-0.3, -0.25) is 14.2 Å². The van der Waals surface area contributed by atoms with E-state index in [0.29, 0.717) is 17.6 Å². The smallest absolute Gasteiger partial charge is 0.263 e. The van der Waals surface area contributed by atoms with Crippen LogP contribution >= 0.6 is 11.3 Å². The molecular weight excluding hydrogens is 436 g/mol. The number of hydrogen-bond donors (Lipinski definition) is 0. The number of fused-ring (bicyclic) bond motifs is 3. The molecular formula is C25H22N4O3S. The van der Waals surface area contributed by atoms with Gasteiger partial charge in [-0.25, -0.2) is 9.99 Å². The predicted molar refractivity (Wildman–Crippen MR) is 127 cm³/mol. The van der Waals surface area contributed by atoms with Crippen molar-refractivity contribution in [3.8, 4) is 0 Å². The molecule has 0 saturated carbocycles. The maximum atomic E-state index is 13.4. The molecule has 1 amide bonds. The highest BCUT2D eigenvalue weighted by Gasteiger charge is 2.35. The van der Waals surface area contributed by atoms with E-state index in [0.717, 1.165) is 46.5 Å². The fourth-order valence-corrected chi connectivity index (χ4v) is 5.93. The van der Waals surface area contributed by atoms with Crippen molar-refractivity contribution in [3.63, 3.8) is 0 Å². The number of carbonyl (C=O) groups is 1. The summed E-state index contributed by atoms with van der Waals surface area (Å²) in [6.07, 6.45) is 6.61. The Morgan fingerprint density at radius 3 is 2.85 bits per heavy atom. The van der Waals surface area contributed by atoms with Crippen molar-refractivity contribution in [2.24, 2.45) is 5.10 Å². The van der Waals surface area contributed by atoms with Crippen molar-refractivity contribution in [2.45, 2.75) is 45.2 Å². The van der Waals surface area contributed by atoms with Gasteiger partial charge in [-0.15, -0.1) is 11.3 Å². The lowest BCUT2D eigenvalue weighted by atomic mass is 10.0. The van der Waals surface area contributed by atoms with E-state index < -0.39 is 0 Å². The number of thiophene rings is 1. The van der Waals surface area contributed by atoms with Crippen molar-refractivity contribution in [2.75, 3.05) is 0 Å². The summed E-state index contributed by atoms with van der Waals surface area (Å²) in [7, 11) is 0. The lowest BCUT2D eigenvalue weighted by molar-refractivity contribution is -0.134. The Kier molecular flexibility index (Phi) is 4.76. The molecule has 1 aliphatic carbocycles. The number of carbonyl (C=O) groups excluding carboxylic acids is 1. The molecule has 0 radical (unpaired) electrons. The molecule has 6 rings (SSSR count). The molecule has 1 unspecified atom stereocenters. The first-order valence-corrected chi connectivity index (χ1v) is 11.9. The van der Waals surface area contributed by atoms with Crippen molar-refractivity contribution in [1.82, 2.24) is 14.6 Å². The molecule has 0 spiro atoms. The van der Waals surface area contributed by atoms with Crippen LogP contribution in [0.15, 0.2) is 63.3 Å². The number of benzene rings is 1.